The Balaban J connectivity index is 1.78. The van der Waals surface area contributed by atoms with E-state index < -0.39 is 35.1 Å². The summed E-state index contributed by atoms with van der Waals surface area (Å²) in [7, 11) is -2.30. The van der Waals surface area contributed by atoms with Crippen LogP contribution in [0.2, 0.25) is 0 Å². The molecule has 0 unspecified atom stereocenters. The van der Waals surface area contributed by atoms with Gasteiger partial charge >= 0.3 is 5.97 Å². The number of hydrogen-bond donors (Lipinski definition) is 2. The summed E-state index contributed by atoms with van der Waals surface area (Å²) in [5, 5.41) is 2.54. The zero-order chi connectivity index (χ0) is 19.9. The van der Waals surface area contributed by atoms with Crippen LogP contribution in [0.4, 0.5) is 5.69 Å². The molecule has 0 saturated heterocycles. The molecule has 2 rings (SSSR count). The van der Waals surface area contributed by atoms with E-state index in [-0.39, 0.29) is 4.90 Å². The van der Waals surface area contributed by atoms with E-state index in [1.807, 2.05) is 6.92 Å². The number of hydrogen-bond acceptors (Lipinski definition) is 6. The van der Waals surface area contributed by atoms with Gasteiger partial charge in [0.15, 0.2) is 6.61 Å². The van der Waals surface area contributed by atoms with Crippen LogP contribution >= 0.6 is 0 Å². The van der Waals surface area contributed by atoms with Crippen LogP contribution in [-0.4, -0.2) is 40.6 Å². The normalized spacial score (nSPS) is 10.9. The lowest BCUT2D eigenvalue weighted by Crippen LogP contribution is -2.32. The molecule has 2 N–H and O–H groups in total. The second kappa shape index (κ2) is 9.15. The van der Waals surface area contributed by atoms with Gasteiger partial charge in [-0.2, -0.15) is 4.72 Å². The van der Waals surface area contributed by atoms with E-state index in [1.54, 1.807) is 36.4 Å². The van der Waals surface area contributed by atoms with Crippen LogP contribution < -0.4 is 14.8 Å². The minimum absolute atomic E-state index is 0.0400. The molecule has 1 amide bonds. The molecule has 0 aliphatic carbocycles. The first-order valence-corrected chi connectivity index (χ1v) is 9.44. The molecule has 0 fully saturated rings. The largest absolute Gasteiger partial charge is 0.497 e. The maximum atomic E-state index is 12.1. The van der Waals surface area contributed by atoms with E-state index >= 15 is 0 Å². The van der Waals surface area contributed by atoms with Gasteiger partial charge in [0.05, 0.1) is 12.0 Å². The minimum atomic E-state index is -3.83. The first kappa shape index (κ1) is 20.4. The number of carbonyl (C=O) groups excluding carboxylic acids is 2. The van der Waals surface area contributed by atoms with Crippen LogP contribution in [0, 0.1) is 6.92 Å². The molecule has 0 radical (unpaired) electrons. The number of amides is 1. The second-order valence-corrected chi connectivity index (χ2v) is 7.34. The summed E-state index contributed by atoms with van der Waals surface area (Å²) in [5.74, 6) is -0.772. The molecule has 0 aromatic heterocycles. The monoisotopic (exact) mass is 392 g/mol. The highest BCUT2D eigenvalue weighted by Crippen LogP contribution is 2.14. The average molecular weight is 392 g/mol. The maximum Gasteiger partial charge on any atom is 0.321 e. The zero-order valence-corrected chi connectivity index (χ0v) is 15.7. The fourth-order valence-corrected chi connectivity index (χ4v) is 2.99. The van der Waals surface area contributed by atoms with Crippen LogP contribution in [0.1, 0.15) is 5.56 Å². The Morgan fingerprint density at radius 1 is 1.00 bits per heavy atom. The lowest BCUT2D eigenvalue weighted by molar-refractivity contribution is -0.146. The van der Waals surface area contributed by atoms with Crippen molar-refractivity contribution in [3.05, 3.63) is 54.1 Å². The quantitative estimate of drug-likeness (QED) is 0.658. The van der Waals surface area contributed by atoms with Crippen LogP contribution in [0.3, 0.4) is 0 Å². The van der Waals surface area contributed by atoms with E-state index in [0.717, 1.165) is 5.56 Å². The minimum Gasteiger partial charge on any atom is -0.497 e. The Labute approximate surface area is 157 Å². The third-order valence-electron chi connectivity index (χ3n) is 3.48. The Hall–Kier alpha value is -2.91. The van der Waals surface area contributed by atoms with Crippen molar-refractivity contribution >= 4 is 27.6 Å². The number of rotatable bonds is 8. The summed E-state index contributed by atoms with van der Waals surface area (Å²) in [6.07, 6.45) is 0. The summed E-state index contributed by atoms with van der Waals surface area (Å²) < 4.78 is 36.1. The lowest BCUT2D eigenvalue weighted by Gasteiger charge is -2.09. The van der Waals surface area contributed by atoms with E-state index in [9.17, 15) is 18.0 Å². The Bertz CT molecular complexity index is 892. The first-order chi connectivity index (χ1) is 12.8. The topological polar surface area (TPSA) is 111 Å². The third kappa shape index (κ3) is 6.39. The van der Waals surface area contributed by atoms with Crippen LogP contribution in [-0.2, 0) is 24.3 Å². The summed E-state index contributed by atoms with van der Waals surface area (Å²) in [4.78, 5) is 23.5. The van der Waals surface area contributed by atoms with Crippen molar-refractivity contribution in [2.24, 2.45) is 0 Å². The maximum absolute atomic E-state index is 12.1. The molecule has 2 aromatic carbocycles. The van der Waals surface area contributed by atoms with Gasteiger partial charge in [-0.05, 0) is 43.3 Å². The molecule has 0 aliphatic rings. The molecule has 0 aliphatic heterocycles. The molecular formula is C18H20N2O6S. The molecule has 0 heterocycles. The number of anilines is 1. The van der Waals surface area contributed by atoms with Crippen LogP contribution in [0.25, 0.3) is 0 Å². The average Bonchev–Trinajstić information content (AvgIpc) is 2.66. The zero-order valence-electron chi connectivity index (χ0n) is 14.9. The number of sulfonamides is 1. The van der Waals surface area contributed by atoms with Gasteiger partial charge in [0.2, 0.25) is 10.0 Å². The van der Waals surface area contributed by atoms with Gasteiger partial charge in [-0.25, -0.2) is 8.42 Å². The Morgan fingerprint density at radius 2 is 1.63 bits per heavy atom. The molecule has 9 heteroatoms. The smallest absolute Gasteiger partial charge is 0.321 e. The van der Waals surface area contributed by atoms with Crippen molar-refractivity contribution in [2.45, 2.75) is 11.8 Å². The fraction of sp³-hybridized carbons (Fsp3) is 0.222. The van der Waals surface area contributed by atoms with Crippen molar-refractivity contribution in [3.63, 3.8) is 0 Å². The standard InChI is InChI=1S/C18H20N2O6S/c1-13-3-9-16(10-4-13)27(23,24)19-11-18(22)26-12-17(21)20-14-5-7-15(25-2)8-6-14/h3-10,19H,11-12H2,1-2H3,(H,20,21). The predicted octanol–water partition coefficient (Wildman–Crippen LogP) is 1.46. The van der Waals surface area contributed by atoms with Crippen molar-refractivity contribution < 1.29 is 27.5 Å². The van der Waals surface area contributed by atoms with Gasteiger partial charge < -0.3 is 14.8 Å². The van der Waals surface area contributed by atoms with Crippen molar-refractivity contribution in [1.29, 1.82) is 0 Å². The molecular weight excluding hydrogens is 372 g/mol. The van der Waals surface area contributed by atoms with Gasteiger partial charge in [0.25, 0.3) is 5.91 Å². The number of benzene rings is 2. The molecule has 8 nitrogen and oxygen atoms in total. The molecule has 2 aromatic rings. The predicted molar refractivity (Wildman–Crippen MR) is 99.0 cm³/mol. The molecule has 0 bridgehead atoms. The highest BCUT2D eigenvalue weighted by atomic mass is 32.2. The summed E-state index contributed by atoms with van der Waals surface area (Å²) in [6.45, 7) is 0.724. The molecule has 27 heavy (non-hydrogen) atoms. The highest BCUT2D eigenvalue weighted by Gasteiger charge is 2.16. The lowest BCUT2D eigenvalue weighted by atomic mass is 10.2. The third-order valence-corrected chi connectivity index (χ3v) is 4.89. The van der Waals surface area contributed by atoms with Crippen molar-refractivity contribution in [3.8, 4) is 5.75 Å². The van der Waals surface area contributed by atoms with E-state index in [4.69, 9.17) is 9.47 Å². The number of esters is 1. The Morgan fingerprint density at radius 3 is 2.22 bits per heavy atom. The van der Waals surface area contributed by atoms with Crippen molar-refractivity contribution in [1.82, 2.24) is 4.72 Å². The van der Waals surface area contributed by atoms with Crippen LogP contribution in [0.15, 0.2) is 53.4 Å². The number of methoxy groups -OCH3 is 1. The van der Waals surface area contributed by atoms with Gasteiger partial charge in [0.1, 0.15) is 12.3 Å². The number of nitrogens with one attached hydrogen (secondary N) is 2. The van der Waals surface area contributed by atoms with Gasteiger partial charge in [-0.1, -0.05) is 17.7 Å². The molecule has 0 atom stereocenters. The number of ether oxygens (including phenoxy) is 2. The summed E-state index contributed by atoms with van der Waals surface area (Å²) in [6, 6.07) is 12.8. The van der Waals surface area contributed by atoms with E-state index in [1.165, 1.54) is 19.2 Å². The second-order valence-electron chi connectivity index (χ2n) is 5.57. The molecule has 0 saturated carbocycles. The summed E-state index contributed by atoms with van der Waals surface area (Å²) >= 11 is 0. The van der Waals surface area contributed by atoms with Crippen LogP contribution in [0.5, 0.6) is 5.75 Å². The summed E-state index contributed by atoms with van der Waals surface area (Å²) in [5.41, 5.74) is 1.42. The van der Waals surface area contributed by atoms with E-state index in [0.29, 0.717) is 11.4 Å². The van der Waals surface area contributed by atoms with E-state index in [2.05, 4.69) is 10.0 Å². The fourth-order valence-electron chi connectivity index (χ4n) is 2.02. The number of aryl methyl sites for hydroxylation is 1. The molecule has 144 valence electrons. The van der Waals surface area contributed by atoms with Crippen molar-refractivity contribution in [2.75, 3.05) is 25.6 Å². The van der Waals surface area contributed by atoms with Gasteiger partial charge in [-0.3, -0.25) is 9.59 Å². The molecule has 0 spiro atoms. The highest BCUT2D eigenvalue weighted by molar-refractivity contribution is 7.89. The number of carbonyl (C=O) groups is 2. The van der Waals surface area contributed by atoms with Gasteiger partial charge in [0, 0.05) is 5.69 Å². The Kier molecular flexibility index (Phi) is 6.91. The first-order valence-electron chi connectivity index (χ1n) is 7.96. The van der Waals surface area contributed by atoms with Gasteiger partial charge in [-0.15, -0.1) is 0 Å². The SMILES string of the molecule is COc1ccc(NC(=O)COC(=O)CNS(=O)(=O)c2ccc(C)cc2)cc1.